The number of fused-ring (bicyclic) bond motifs is 1. The van der Waals surface area contributed by atoms with Gasteiger partial charge in [-0.2, -0.15) is 18.3 Å². The van der Waals surface area contributed by atoms with Crippen molar-refractivity contribution in [1.82, 2.24) is 19.7 Å². The second-order valence-electron chi connectivity index (χ2n) is 8.01. The molecule has 1 aliphatic heterocycles. The molecule has 2 N–H and O–H groups in total. The Balaban J connectivity index is 1.56. The van der Waals surface area contributed by atoms with E-state index in [1.807, 2.05) is 0 Å². The zero-order valence-electron chi connectivity index (χ0n) is 19.3. The van der Waals surface area contributed by atoms with Crippen LogP contribution < -0.4 is 10.1 Å². The molecule has 0 aliphatic carbocycles. The van der Waals surface area contributed by atoms with Gasteiger partial charge in [0, 0.05) is 30.7 Å². The number of aromatic nitrogens is 3. The number of ether oxygens (including phenoxy) is 2. The van der Waals surface area contributed by atoms with Gasteiger partial charge < -0.3 is 24.8 Å². The Morgan fingerprint density at radius 3 is 2.69 bits per heavy atom. The van der Waals surface area contributed by atoms with Crippen LogP contribution in [0.2, 0.25) is 0 Å². The number of carbonyl (C=O) groups is 2. The molecule has 4 rings (SSSR count). The highest BCUT2D eigenvalue weighted by atomic mass is 19.4. The van der Waals surface area contributed by atoms with Crippen molar-refractivity contribution in [3.05, 3.63) is 47.9 Å². The maximum Gasteiger partial charge on any atom is 0.420 e. The molecule has 192 valence electrons. The summed E-state index contributed by atoms with van der Waals surface area (Å²) in [6, 6.07) is 6.61. The van der Waals surface area contributed by atoms with Crippen LogP contribution in [0.25, 0.3) is 10.9 Å². The number of nitrogens with zero attached hydrogens (tertiary/aromatic N) is 4. The van der Waals surface area contributed by atoms with Crippen LogP contribution >= 0.6 is 0 Å². The maximum absolute atomic E-state index is 12.8. The van der Waals surface area contributed by atoms with E-state index >= 15 is 0 Å². The first-order valence-corrected chi connectivity index (χ1v) is 11.2. The molecule has 2 aromatic heterocycles. The Labute approximate surface area is 203 Å². The Bertz CT molecular complexity index is 1260. The molecule has 2 amide bonds. The molecule has 3 heterocycles. The molecule has 13 heteroatoms. The number of nitrogens with one attached hydrogen (secondary N) is 1. The van der Waals surface area contributed by atoms with E-state index < -0.39 is 23.9 Å². The number of benzene rings is 1. The molecule has 1 aliphatic rings. The summed E-state index contributed by atoms with van der Waals surface area (Å²) in [6.45, 7) is 4.05. The molecule has 0 spiro atoms. The van der Waals surface area contributed by atoms with Crippen molar-refractivity contribution in [1.29, 1.82) is 0 Å². The highest BCUT2D eigenvalue weighted by molar-refractivity contribution is 6.05. The average molecular weight is 507 g/mol. The van der Waals surface area contributed by atoms with Gasteiger partial charge in [-0.1, -0.05) is 6.07 Å². The fourth-order valence-electron chi connectivity index (χ4n) is 3.69. The van der Waals surface area contributed by atoms with E-state index in [1.54, 1.807) is 30.2 Å². The van der Waals surface area contributed by atoms with Crippen LogP contribution in [0.5, 0.6) is 5.75 Å². The predicted octanol–water partition coefficient (Wildman–Crippen LogP) is 2.54. The largest absolute Gasteiger partial charge is 0.492 e. The van der Waals surface area contributed by atoms with Gasteiger partial charge in [0.2, 0.25) is 5.91 Å². The molecule has 1 saturated heterocycles. The number of rotatable bonds is 7. The molecular weight excluding hydrogens is 483 g/mol. The minimum absolute atomic E-state index is 0.0264. The monoisotopic (exact) mass is 507 g/mol. The fourth-order valence-corrected chi connectivity index (χ4v) is 3.69. The quantitative estimate of drug-likeness (QED) is 0.505. The lowest BCUT2D eigenvalue weighted by molar-refractivity contribution is -0.208. The van der Waals surface area contributed by atoms with Crippen molar-refractivity contribution in [2.75, 3.05) is 38.2 Å². The van der Waals surface area contributed by atoms with E-state index in [0.717, 1.165) is 6.07 Å². The number of amides is 2. The van der Waals surface area contributed by atoms with Gasteiger partial charge in [0.1, 0.15) is 18.0 Å². The van der Waals surface area contributed by atoms with Crippen LogP contribution in [0.3, 0.4) is 0 Å². The Hall–Kier alpha value is -3.71. The molecule has 0 bridgehead atoms. The third-order valence-corrected chi connectivity index (χ3v) is 5.46. The number of halogens is 3. The van der Waals surface area contributed by atoms with Gasteiger partial charge in [-0.25, -0.2) is 4.98 Å². The van der Waals surface area contributed by atoms with Crippen LogP contribution in [-0.4, -0.2) is 75.7 Å². The normalized spacial score (nSPS) is 15.1. The number of aliphatic hydroxyl groups excluding tert-OH is 1. The maximum atomic E-state index is 12.8. The van der Waals surface area contributed by atoms with E-state index in [9.17, 15) is 27.9 Å². The molecule has 3 aromatic rings. The molecular formula is C23H24F3N5O5. The number of morpholine rings is 1. The van der Waals surface area contributed by atoms with Crippen LogP contribution in [0, 0.1) is 0 Å². The molecule has 36 heavy (non-hydrogen) atoms. The lowest BCUT2D eigenvalue weighted by atomic mass is 10.2. The lowest BCUT2D eigenvalue weighted by Crippen LogP contribution is -2.42. The van der Waals surface area contributed by atoms with Gasteiger partial charge in [-0.15, -0.1) is 0 Å². The fraction of sp³-hybridized carbons (Fsp3) is 0.391. The summed E-state index contributed by atoms with van der Waals surface area (Å²) < 4.78 is 50.9. The van der Waals surface area contributed by atoms with E-state index in [0.29, 0.717) is 37.2 Å². The van der Waals surface area contributed by atoms with E-state index in [-0.39, 0.29) is 36.2 Å². The van der Waals surface area contributed by atoms with Gasteiger partial charge >= 0.3 is 6.18 Å². The molecule has 1 unspecified atom stereocenters. The Morgan fingerprint density at radius 2 is 2.00 bits per heavy atom. The Morgan fingerprint density at radius 1 is 1.25 bits per heavy atom. The zero-order chi connectivity index (χ0) is 25.9. The number of aliphatic hydroxyl groups is 1. The van der Waals surface area contributed by atoms with E-state index in [1.165, 1.54) is 16.8 Å². The van der Waals surface area contributed by atoms with Crippen LogP contribution in [-0.2, 0) is 16.1 Å². The molecule has 0 radical (unpaired) electrons. The molecule has 1 aromatic carbocycles. The first kappa shape index (κ1) is 25.4. The van der Waals surface area contributed by atoms with Crippen LogP contribution in [0.1, 0.15) is 29.2 Å². The molecule has 1 atom stereocenters. The summed E-state index contributed by atoms with van der Waals surface area (Å²) in [4.78, 5) is 30.7. The molecule has 0 saturated carbocycles. The SMILES string of the molecule is CCOc1cc2nn(CC(=O)N3CCOCC3)cc2cc1NC(=O)c1cccc(C(O)C(F)(F)F)n1. The number of anilines is 1. The van der Waals surface area contributed by atoms with E-state index in [4.69, 9.17) is 9.47 Å². The third-order valence-electron chi connectivity index (χ3n) is 5.46. The third kappa shape index (κ3) is 5.74. The second-order valence-corrected chi connectivity index (χ2v) is 8.01. The van der Waals surface area contributed by atoms with Gasteiger partial charge in [-0.3, -0.25) is 14.3 Å². The lowest BCUT2D eigenvalue weighted by Gasteiger charge is -2.26. The summed E-state index contributed by atoms with van der Waals surface area (Å²) in [5.74, 6) is -0.604. The minimum Gasteiger partial charge on any atom is -0.492 e. The number of hydrogen-bond acceptors (Lipinski definition) is 7. The smallest absolute Gasteiger partial charge is 0.420 e. The number of hydrogen-bond donors (Lipinski definition) is 2. The van der Waals surface area contributed by atoms with Crippen molar-refractivity contribution in [3.63, 3.8) is 0 Å². The minimum atomic E-state index is -4.92. The van der Waals surface area contributed by atoms with Crippen molar-refractivity contribution < 1.29 is 37.3 Å². The summed E-state index contributed by atoms with van der Waals surface area (Å²) in [6.07, 6.45) is -6.08. The summed E-state index contributed by atoms with van der Waals surface area (Å²) in [5, 5.41) is 17.1. The second kappa shape index (κ2) is 10.5. The predicted molar refractivity (Wildman–Crippen MR) is 122 cm³/mol. The summed E-state index contributed by atoms with van der Waals surface area (Å²) in [7, 11) is 0. The average Bonchev–Trinajstić information content (AvgIpc) is 3.24. The highest BCUT2D eigenvalue weighted by Crippen LogP contribution is 2.32. The first-order valence-electron chi connectivity index (χ1n) is 11.2. The van der Waals surface area contributed by atoms with Crippen molar-refractivity contribution >= 4 is 28.4 Å². The van der Waals surface area contributed by atoms with Crippen molar-refractivity contribution in [2.45, 2.75) is 25.7 Å². The zero-order valence-corrected chi connectivity index (χ0v) is 19.3. The molecule has 10 nitrogen and oxygen atoms in total. The van der Waals surface area contributed by atoms with Crippen LogP contribution in [0.15, 0.2) is 36.5 Å². The summed E-state index contributed by atoms with van der Waals surface area (Å²) in [5.41, 5.74) is -0.233. The topological polar surface area (TPSA) is 119 Å². The Kier molecular flexibility index (Phi) is 7.40. The van der Waals surface area contributed by atoms with Gasteiger partial charge in [0.25, 0.3) is 5.91 Å². The number of pyridine rings is 1. The number of carbonyl (C=O) groups excluding carboxylic acids is 2. The van der Waals surface area contributed by atoms with Gasteiger partial charge in [0.15, 0.2) is 6.10 Å². The van der Waals surface area contributed by atoms with Crippen molar-refractivity contribution in [2.24, 2.45) is 0 Å². The highest BCUT2D eigenvalue weighted by Gasteiger charge is 2.40. The van der Waals surface area contributed by atoms with Gasteiger partial charge in [0.05, 0.1) is 36.7 Å². The van der Waals surface area contributed by atoms with Crippen molar-refractivity contribution in [3.8, 4) is 5.75 Å². The summed E-state index contributed by atoms with van der Waals surface area (Å²) >= 11 is 0. The molecule has 1 fully saturated rings. The van der Waals surface area contributed by atoms with Gasteiger partial charge in [-0.05, 0) is 25.1 Å². The van der Waals surface area contributed by atoms with E-state index in [2.05, 4.69) is 15.4 Å². The number of alkyl halides is 3. The first-order chi connectivity index (χ1) is 17.2. The van der Waals surface area contributed by atoms with Crippen LogP contribution in [0.4, 0.5) is 18.9 Å². The standard InChI is InChI=1S/C23H24F3N5O5/c1-2-36-19-11-17-14(12-31(29-17)13-20(32)30-6-8-35-9-7-30)10-18(19)28-22(34)16-5-3-4-15(27-16)21(33)23(24,25)26/h3-5,10-12,21,33H,2,6-9,13H2,1H3,(H,28,34).